The van der Waals surface area contributed by atoms with Crippen LogP contribution in [0, 0.1) is 0 Å². The number of nitrogens with one attached hydrogen (secondary N) is 2. The van der Waals surface area contributed by atoms with Crippen molar-refractivity contribution in [3.63, 3.8) is 0 Å². The van der Waals surface area contributed by atoms with Crippen LogP contribution in [0.3, 0.4) is 0 Å². The van der Waals surface area contributed by atoms with Crippen molar-refractivity contribution >= 4 is 59.1 Å². The zero-order valence-electron chi connectivity index (χ0n) is 17.5. The van der Waals surface area contributed by atoms with Gasteiger partial charge in [0.15, 0.2) is 5.96 Å². The first-order valence-corrected chi connectivity index (χ1v) is 11.2. The number of benzene rings is 1. The fourth-order valence-corrected chi connectivity index (χ4v) is 3.91. The Hall–Kier alpha value is -1.23. The van der Waals surface area contributed by atoms with E-state index >= 15 is 0 Å². The number of rotatable bonds is 7. The minimum absolute atomic E-state index is 0. The second kappa shape index (κ2) is 13.2. The van der Waals surface area contributed by atoms with Crippen molar-refractivity contribution in [2.24, 2.45) is 4.99 Å². The highest BCUT2D eigenvalue weighted by Gasteiger charge is 2.14. The summed E-state index contributed by atoms with van der Waals surface area (Å²) in [7, 11) is 3.95. The van der Waals surface area contributed by atoms with Crippen molar-refractivity contribution in [2.45, 2.75) is 11.4 Å². The second-order valence-electron chi connectivity index (χ2n) is 6.97. The number of pyridine rings is 1. The third-order valence-corrected chi connectivity index (χ3v) is 6.06. The molecular formula is C21H30ClIN6S. The summed E-state index contributed by atoms with van der Waals surface area (Å²) in [6, 6.07) is 12.2. The van der Waals surface area contributed by atoms with Crippen molar-refractivity contribution in [2.75, 3.05) is 57.5 Å². The minimum atomic E-state index is 0. The Labute approximate surface area is 205 Å². The third-order valence-electron chi connectivity index (χ3n) is 4.80. The van der Waals surface area contributed by atoms with E-state index < -0.39 is 0 Å². The van der Waals surface area contributed by atoms with Gasteiger partial charge in [0, 0.05) is 68.2 Å². The van der Waals surface area contributed by atoms with E-state index in [0.29, 0.717) is 6.54 Å². The summed E-state index contributed by atoms with van der Waals surface area (Å²) in [5.74, 6) is 2.80. The van der Waals surface area contributed by atoms with Crippen molar-refractivity contribution in [1.29, 1.82) is 0 Å². The van der Waals surface area contributed by atoms with Gasteiger partial charge in [0.2, 0.25) is 0 Å². The highest BCUT2D eigenvalue weighted by molar-refractivity contribution is 14.0. The van der Waals surface area contributed by atoms with Crippen LogP contribution in [0.1, 0.15) is 5.56 Å². The molecule has 0 bridgehead atoms. The molecular weight excluding hydrogens is 531 g/mol. The number of nitrogens with zero attached hydrogens (tertiary/aromatic N) is 4. The molecule has 6 nitrogen and oxygen atoms in total. The van der Waals surface area contributed by atoms with E-state index in [2.05, 4.69) is 49.6 Å². The first kappa shape index (κ1) is 25.0. The normalized spacial score (nSPS) is 14.9. The molecule has 1 saturated heterocycles. The number of hydrogen-bond acceptors (Lipinski definition) is 5. The standard InChI is InChI=1S/C21H29ClN6S.HI/c1-23-21(24-9-14-29-19-6-4-18(22)5-7-19)26-16-17-3-8-20(25-15-17)28-12-10-27(2)11-13-28;/h3-8,15H,9-14,16H2,1-2H3,(H2,23,24,26);1H. The van der Waals surface area contributed by atoms with Gasteiger partial charge in [-0.05, 0) is 42.9 Å². The van der Waals surface area contributed by atoms with Crippen LogP contribution in [-0.2, 0) is 6.54 Å². The first-order chi connectivity index (χ1) is 14.1. The van der Waals surface area contributed by atoms with Crippen LogP contribution in [0.2, 0.25) is 5.02 Å². The lowest BCUT2D eigenvalue weighted by Gasteiger charge is -2.33. The predicted molar refractivity (Wildman–Crippen MR) is 140 cm³/mol. The lowest BCUT2D eigenvalue weighted by Crippen LogP contribution is -2.44. The van der Waals surface area contributed by atoms with E-state index in [4.69, 9.17) is 11.6 Å². The lowest BCUT2D eigenvalue weighted by molar-refractivity contribution is 0.312. The molecule has 0 unspecified atom stereocenters. The molecule has 3 rings (SSSR count). The molecule has 30 heavy (non-hydrogen) atoms. The molecule has 2 aromatic rings. The van der Waals surface area contributed by atoms with Crippen molar-refractivity contribution in [3.8, 4) is 0 Å². The Balaban J connectivity index is 0.00000320. The molecule has 164 valence electrons. The molecule has 0 saturated carbocycles. The molecule has 1 aromatic heterocycles. The minimum Gasteiger partial charge on any atom is -0.356 e. The first-order valence-electron chi connectivity index (χ1n) is 9.85. The van der Waals surface area contributed by atoms with Gasteiger partial charge in [-0.1, -0.05) is 17.7 Å². The summed E-state index contributed by atoms with van der Waals surface area (Å²) in [4.78, 5) is 14.8. The zero-order valence-corrected chi connectivity index (χ0v) is 21.4. The van der Waals surface area contributed by atoms with Gasteiger partial charge in [-0.15, -0.1) is 35.7 Å². The zero-order chi connectivity index (χ0) is 20.5. The van der Waals surface area contributed by atoms with E-state index in [1.165, 1.54) is 4.90 Å². The molecule has 2 N–H and O–H groups in total. The van der Waals surface area contributed by atoms with Crippen LogP contribution < -0.4 is 15.5 Å². The third kappa shape index (κ3) is 8.13. The monoisotopic (exact) mass is 560 g/mol. The van der Waals surface area contributed by atoms with Gasteiger partial charge in [-0.2, -0.15) is 0 Å². The summed E-state index contributed by atoms with van der Waals surface area (Å²) in [6.45, 7) is 5.76. The number of guanidine groups is 1. The van der Waals surface area contributed by atoms with Gasteiger partial charge in [0.05, 0.1) is 0 Å². The summed E-state index contributed by atoms with van der Waals surface area (Å²) >= 11 is 7.71. The summed E-state index contributed by atoms with van der Waals surface area (Å²) < 4.78 is 0. The Bertz CT molecular complexity index is 779. The van der Waals surface area contributed by atoms with E-state index in [9.17, 15) is 0 Å². The van der Waals surface area contributed by atoms with Crippen LogP contribution >= 0.6 is 47.3 Å². The molecule has 2 heterocycles. The molecule has 0 amide bonds. The number of aliphatic imine (C=N–C) groups is 1. The van der Waals surface area contributed by atoms with Gasteiger partial charge in [0.1, 0.15) is 5.82 Å². The van der Waals surface area contributed by atoms with Gasteiger partial charge in [-0.25, -0.2) is 4.98 Å². The maximum Gasteiger partial charge on any atom is 0.191 e. The van der Waals surface area contributed by atoms with Crippen LogP contribution in [0.25, 0.3) is 0 Å². The summed E-state index contributed by atoms with van der Waals surface area (Å²) in [5.41, 5.74) is 1.14. The summed E-state index contributed by atoms with van der Waals surface area (Å²) in [5, 5.41) is 7.46. The molecule has 1 aromatic carbocycles. The number of halogens is 2. The summed E-state index contributed by atoms with van der Waals surface area (Å²) in [6.07, 6.45) is 1.95. The van der Waals surface area contributed by atoms with Crippen LogP contribution in [0.4, 0.5) is 5.82 Å². The smallest absolute Gasteiger partial charge is 0.191 e. The van der Waals surface area contributed by atoms with Gasteiger partial charge in [-0.3, -0.25) is 4.99 Å². The van der Waals surface area contributed by atoms with Gasteiger partial charge >= 0.3 is 0 Å². The highest BCUT2D eigenvalue weighted by Crippen LogP contribution is 2.19. The predicted octanol–water partition coefficient (Wildman–Crippen LogP) is 3.56. The number of anilines is 1. The second-order valence-corrected chi connectivity index (χ2v) is 8.57. The fourth-order valence-electron chi connectivity index (χ4n) is 3.02. The Morgan fingerprint density at radius 1 is 1.10 bits per heavy atom. The maximum atomic E-state index is 5.92. The quantitative estimate of drug-likeness (QED) is 0.178. The van der Waals surface area contributed by atoms with Crippen molar-refractivity contribution in [3.05, 3.63) is 53.2 Å². The SMILES string of the molecule is CN=C(NCCSc1ccc(Cl)cc1)NCc1ccc(N2CCN(C)CC2)nc1.I. The highest BCUT2D eigenvalue weighted by atomic mass is 127. The Kier molecular flexibility index (Phi) is 11.0. The Morgan fingerprint density at radius 3 is 2.47 bits per heavy atom. The van der Waals surface area contributed by atoms with Gasteiger partial charge in [0.25, 0.3) is 0 Å². The van der Waals surface area contributed by atoms with E-state index in [0.717, 1.165) is 60.8 Å². The molecule has 1 aliphatic heterocycles. The average molecular weight is 561 g/mol. The average Bonchev–Trinajstić information content (AvgIpc) is 2.75. The molecule has 0 radical (unpaired) electrons. The number of likely N-dealkylation sites (N-methyl/N-ethyl adjacent to an activating group) is 1. The molecule has 1 aliphatic rings. The molecule has 0 aliphatic carbocycles. The number of aromatic nitrogens is 1. The topological polar surface area (TPSA) is 55.8 Å². The molecule has 1 fully saturated rings. The van der Waals surface area contributed by atoms with Crippen LogP contribution in [0.15, 0.2) is 52.5 Å². The largest absolute Gasteiger partial charge is 0.356 e. The lowest BCUT2D eigenvalue weighted by atomic mass is 10.2. The molecule has 0 atom stereocenters. The van der Waals surface area contributed by atoms with Crippen molar-refractivity contribution < 1.29 is 0 Å². The van der Waals surface area contributed by atoms with E-state index in [1.54, 1.807) is 18.8 Å². The number of hydrogen-bond donors (Lipinski definition) is 2. The maximum absolute atomic E-state index is 5.92. The number of thioether (sulfide) groups is 1. The van der Waals surface area contributed by atoms with Gasteiger partial charge < -0.3 is 20.4 Å². The van der Waals surface area contributed by atoms with Crippen LogP contribution in [0.5, 0.6) is 0 Å². The Morgan fingerprint density at radius 2 is 1.83 bits per heavy atom. The fraction of sp³-hybridized carbons (Fsp3) is 0.429. The van der Waals surface area contributed by atoms with Crippen LogP contribution in [-0.4, -0.2) is 68.4 Å². The molecule has 0 spiro atoms. The van der Waals surface area contributed by atoms with Crippen molar-refractivity contribution in [1.82, 2.24) is 20.5 Å². The van der Waals surface area contributed by atoms with E-state index in [1.807, 2.05) is 30.5 Å². The van der Waals surface area contributed by atoms with E-state index in [-0.39, 0.29) is 24.0 Å². The number of piperazine rings is 1. The molecule has 9 heteroatoms.